The van der Waals surface area contributed by atoms with Gasteiger partial charge in [0.15, 0.2) is 1.12 Å². The molecule has 0 aromatic rings. The highest BCUT2D eigenvalue weighted by Crippen LogP contribution is 1.29. The van der Waals surface area contributed by atoms with Crippen molar-refractivity contribution in [3.8, 4) is 0 Å². The minimum Gasteiger partial charge on any atom is -0.232 e. The molecule has 0 amide bonds. The van der Waals surface area contributed by atoms with E-state index in [2.05, 4.69) is 0 Å². The van der Waals surface area contributed by atoms with E-state index < -0.39 is 10.6 Å². The summed E-state index contributed by atoms with van der Waals surface area (Å²) in [6.45, 7) is 0. The topological polar surface area (TPSA) is 34.1 Å². The Balaban J connectivity index is 4.06. The second-order valence-electron chi connectivity index (χ2n) is 0.401. The van der Waals surface area contributed by atoms with E-state index in [9.17, 15) is 8.42 Å². The molecule has 0 atom stereocenters. The van der Waals surface area contributed by atoms with E-state index in [0.29, 0.717) is 0 Å². The van der Waals surface area contributed by atoms with Crippen LogP contribution in [-0.4, -0.2) is 15.8 Å². The molecule has 0 unspecified atom stereocenters. The van der Waals surface area contributed by atoms with Gasteiger partial charge in [-0.1, -0.05) is 0 Å². The molecule has 0 aromatic carbocycles. The summed E-state index contributed by atoms with van der Waals surface area (Å²) in [6.07, 6.45) is 0.826. The molecule has 0 aliphatic heterocycles. The van der Waals surface area contributed by atoms with Crippen LogP contribution in [0.2, 0.25) is 0 Å². The van der Waals surface area contributed by atoms with Gasteiger partial charge < -0.3 is 0 Å². The zero-order chi connectivity index (χ0) is 4.50. The first-order chi connectivity index (χ1) is 2.00. The lowest BCUT2D eigenvalue weighted by Crippen LogP contribution is -1.56. The van der Waals surface area contributed by atoms with E-state index in [-0.39, 0.29) is 0 Å². The minimum absolute atomic E-state index is 0.826. The second kappa shape index (κ2) is 1.29. The van der Waals surface area contributed by atoms with Gasteiger partial charge in [0.1, 0.15) is 10.6 Å². The van der Waals surface area contributed by atoms with Gasteiger partial charge in [0.2, 0.25) is 0 Å². The van der Waals surface area contributed by atoms with Crippen molar-refractivity contribution in [2.45, 2.75) is 0 Å². The summed E-state index contributed by atoms with van der Waals surface area (Å²) in [5.74, 6) is 0. The second-order valence-corrected chi connectivity index (χ2v) is 1.20. The normalized spacial score (nSPS) is 14.8. The van der Waals surface area contributed by atoms with E-state index in [1.54, 1.807) is 0 Å². The summed E-state index contributed by atoms with van der Waals surface area (Å²) >= 11 is 0. The third kappa shape index (κ3) is 704. The molecule has 26 valence electrons. The average Bonchev–Trinajstić information content (AvgIpc) is 0.722. The molecular weight excluding hydrogens is 76.1 g/mol. The van der Waals surface area contributed by atoms with Crippen molar-refractivity contribution in [2.75, 3.05) is 6.26 Å². The minimum atomic E-state index is -3.42. The summed E-state index contributed by atoms with van der Waals surface area (Å²) in [6, 6.07) is 0. The molecule has 0 saturated heterocycles. The van der Waals surface area contributed by atoms with Gasteiger partial charge in [-0.25, -0.2) is 8.42 Å². The molecule has 0 N–H and O–H groups in total. The Labute approximate surface area is 27.5 Å². The van der Waals surface area contributed by atoms with Gasteiger partial charge in [-0.3, -0.25) is 0 Å². The smallest absolute Gasteiger partial charge is 0.173 e. The Morgan fingerprint density at radius 1 is 2.00 bits per heavy atom. The van der Waals surface area contributed by atoms with Gasteiger partial charge in [0.05, 0.1) is 0 Å². The third-order valence-electron chi connectivity index (χ3n) is 0. The van der Waals surface area contributed by atoms with Crippen LogP contribution >= 0.6 is 0 Å². The standard InChI is InChI=1S/CH4O2S/c1-4(2)3/h4H,1H3/i4D. The largest absolute Gasteiger partial charge is 0.232 e. The Morgan fingerprint density at radius 2 is 2.00 bits per heavy atom. The molecule has 0 heterocycles. The molecule has 0 bridgehead atoms. The van der Waals surface area contributed by atoms with E-state index in [1.165, 1.54) is 0 Å². The predicted molar refractivity (Wildman–Crippen MR) is 16.2 cm³/mol. The summed E-state index contributed by atoms with van der Waals surface area (Å²) in [5, 5.41) is 0. The molecular formula is CH4O2S. The van der Waals surface area contributed by atoms with Crippen molar-refractivity contribution in [1.29, 1.82) is 1.12 Å². The quantitative estimate of drug-likeness (QED) is 0.388. The fraction of sp³-hybridized carbons (Fsp3) is 1.00. The van der Waals surface area contributed by atoms with Crippen molar-refractivity contribution in [3.05, 3.63) is 0 Å². The lowest BCUT2D eigenvalue weighted by molar-refractivity contribution is 0.619. The van der Waals surface area contributed by atoms with Crippen molar-refractivity contribution >= 4 is 10.6 Å². The molecule has 0 spiro atoms. The van der Waals surface area contributed by atoms with Crippen molar-refractivity contribution < 1.29 is 8.42 Å². The van der Waals surface area contributed by atoms with Gasteiger partial charge in [-0.2, -0.15) is 0 Å². The molecule has 2 nitrogen and oxygen atoms in total. The zero-order valence-electron chi connectivity index (χ0n) is 3.22. The van der Waals surface area contributed by atoms with E-state index in [4.69, 9.17) is 1.12 Å². The predicted octanol–water partition coefficient (Wildman–Crippen LogP) is -0.772. The first-order valence-electron chi connectivity index (χ1n) is 1.15. The van der Waals surface area contributed by atoms with Gasteiger partial charge in [0.25, 0.3) is 0 Å². The fourth-order valence-electron chi connectivity index (χ4n) is 0. The third-order valence-corrected chi connectivity index (χ3v) is 0. The summed E-state index contributed by atoms with van der Waals surface area (Å²) in [4.78, 5) is 0. The van der Waals surface area contributed by atoms with Crippen LogP contribution < -0.4 is 0 Å². The summed E-state index contributed by atoms with van der Waals surface area (Å²) in [5.41, 5.74) is 0. The van der Waals surface area contributed by atoms with Gasteiger partial charge in [-0.05, 0) is 0 Å². The SMILES string of the molecule is [2H]S(C)(=O)=O. The maximum atomic E-state index is 9.30. The van der Waals surface area contributed by atoms with Crippen LogP contribution in [0, 0.1) is 0 Å². The van der Waals surface area contributed by atoms with Crippen molar-refractivity contribution in [3.63, 3.8) is 0 Å². The molecule has 0 aromatic heterocycles. The molecule has 0 rings (SSSR count). The zero-order valence-corrected chi connectivity index (χ0v) is 3.04. The lowest BCUT2D eigenvalue weighted by Gasteiger charge is -1.41. The van der Waals surface area contributed by atoms with Crippen LogP contribution in [0.3, 0.4) is 0 Å². The van der Waals surface area contributed by atoms with E-state index in [0.717, 1.165) is 6.26 Å². The highest BCUT2D eigenvalue weighted by molar-refractivity contribution is 7.71. The average molecular weight is 81.1 g/mol. The highest BCUT2D eigenvalue weighted by Gasteiger charge is 1.44. The number of hydrogen-bond acceptors (Lipinski definition) is 2. The maximum absolute atomic E-state index is 9.30. The number of thiol groups is 1. The monoisotopic (exact) mass is 81.0 g/mol. The summed E-state index contributed by atoms with van der Waals surface area (Å²) < 4.78 is 24.5. The van der Waals surface area contributed by atoms with Crippen LogP contribution in [0.15, 0.2) is 0 Å². The number of rotatable bonds is 0. The van der Waals surface area contributed by atoms with Crippen LogP contribution in [0.25, 0.3) is 0 Å². The first kappa shape index (κ1) is 2.20. The molecule has 0 fully saturated rings. The van der Waals surface area contributed by atoms with Crippen LogP contribution in [0.1, 0.15) is 0 Å². The Bertz CT molecular complexity index is 92.8. The molecule has 0 aliphatic rings. The van der Waals surface area contributed by atoms with Crippen molar-refractivity contribution in [1.82, 2.24) is 0 Å². The van der Waals surface area contributed by atoms with E-state index in [1.807, 2.05) is 0 Å². The lowest BCUT2D eigenvalue weighted by atomic mass is 12.0. The highest BCUT2D eigenvalue weighted by atomic mass is 32.2. The Kier molecular flexibility index (Phi) is 0.710. The van der Waals surface area contributed by atoms with Crippen LogP contribution in [-0.2, 0) is 10.6 Å². The summed E-state index contributed by atoms with van der Waals surface area (Å²) in [7, 11) is -3.42. The fourth-order valence-corrected chi connectivity index (χ4v) is 0. The molecule has 3 heteroatoms. The Hall–Kier alpha value is -0.0500. The molecule has 0 aliphatic carbocycles. The van der Waals surface area contributed by atoms with Crippen molar-refractivity contribution in [2.24, 2.45) is 0 Å². The van der Waals surface area contributed by atoms with Gasteiger partial charge >= 0.3 is 0 Å². The van der Waals surface area contributed by atoms with Gasteiger partial charge in [0, 0.05) is 6.26 Å². The van der Waals surface area contributed by atoms with Crippen LogP contribution in [0.4, 0.5) is 0 Å². The van der Waals surface area contributed by atoms with E-state index >= 15 is 0 Å². The first-order valence-corrected chi connectivity index (χ1v) is 2.22. The molecule has 0 radical (unpaired) electrons. The number of hydrogen-bond donors (Lipinski definition) is 1. The molecule has 0 saturated carbocycles. The Morgan fingerprint density at radius 3 is 2.00 bits per heavy atom. The molecule has 4 heavy (non-hydrogen) atoms. The van der Waals surface area contributed by atoms with Gasteiger partial charge in [-0.15, -0.1) is 0 Å². The van der Waals surface area contributed by atoms with Crippen LogP contribution in [0.5, 0.6) is 0 Å². The maximum Gasteiger partial charge on any atom is 0.173 e.